The summed E-state index contributed by atoms with van der Waals surface area (Å²) in [7, 11) is 0. The van der Waals surface area contributed by atoms with Crippen molar-refractivity contribution in [1.82, 2.24) is 0 Å². The van der Waals surface area contributed by atoms with E-state index in [0.717, 1.165) is 0 Å². The second kappa shape index (κ2) is 5.46. The van der Waals surface area contributed by atoms with Crippen molar-refractivity contribution in [1.29, 1.82) is 0 Å². The van der Waals surface area contributed by atoms with Crippen LogP contribution in [0.1, 0.15) is 0 Å². The third kappa shape index (κ3) is 1.96. The van der Waals surface area contributed by atoms with Gasteiger partial charge in [-0.2, -0.15) is 0 Å². The van der Waals surface area contributed by atoms with Crippen LogP contribution >= 0.6 is 34.4 Å². The molecule has 0 aliphatic rings. The van der Waals surface area contributed by atoms with Gasteiger partial charge < -0.3 is 0 Å². The average molecular weight is 387 g/mol. The lowest BCUT2D eigenvalue weighted by Gasteiger charge is -2.09. The number of thioether (sulfide) groups is 1. The largest absolute Gasteiger partial charge is 0.144 e. The van der Waals surface area contributed by atoms with Crippen LogP contribution in [0, 0.1) is 0 Å². The zero-order valence-electron chi connectivity index (χ0n) is 14.1. The quantitative estimate of drug-likeness (QED) is 0.202. The smallest absolute Gasteiger partial charge is 0.0608 e. The summed E-state index contributed by atoms with van der Waals surface area (Å²) in [6, 6.07) is 23.0. The molecular weight excluding hydrogens is 372 g/mol. The van der Waals surface area contributed by atoms with Gasteiger partial charge in [0.1, 0.15) is 0 Å². The summed E-state index contributed by atoms with van der Waals surface area (Å²) in [4.78, 5) is 0. The summed E-state index contributed by atoms with van der Waals surface area (Å²) in [5, 5.41) is 13.1. The second-order valence-electron chi connectivity index (χ2n) is 6.56. The number of rotatable bonds is 1. The van der Waals surface area contributed by atoms with Crippen molar-refractivity contribution < 1.29 is 0 Å². The molecule has 0 aliphatic carbocycles. The number of hydrogen-bond acceptors (Lipinski definition) is 3. The Morgan fingerprint density at radius 1 is 0.577 bits per heavy atom. The standard InChI is InChI=1S/C23H14S3/c1-24-23-12-20-18-5-3-13-14(16(18)7-9-22(20)26-23)2-4-17-15(13)6-8-21-19(17)10-11-25-21/h2-12H,1H3. The Bertz CT molecular complexity index is 1470. The minimum atomic E-state index is 1.35. The molecule has 2 aromatic heterocycles. The molecule has 0 amide bonds. The fraction of sp³-hybridized carbons (Fsp3) is 0.0435. The predicted octanol–water partition coefficient (Wildman–Crippen LogP) is 8.30. The van der Waals surface area contributed by atoms with E-state index in [9.17, 15) is 0 Å². The number of fused-ring (bicyclic) bond motifs is 9. The van der Waals surface area contributed by atoms with E-state index in [-0.39, 0.29) is 0 Å². The molecule has 0 spiro atoms. The Morgan fingerprint density at radius 3 is 1.77 bits per heavy atom. The molecule has 6 rings (SSSR count). The van der Waals surface area contributed by atoms with E-state index in [4.69, 9.17) is 0 Å². The van der Waals surface area contributed by atoms with Crippen molar-refractivity contribution in [2.45, 2.75) is 4.21 Å². The predicted molar refractivity (Wildman–Crippen MR) is 122 cm³/mol. The molecule has 0 fully saturated rings. The summed E-state index contributed by atoms with van der Waals surface area (Å²) >= 11 is 5.53. The maximum absolute atomic E-state index is 2.34. The van der Waals surface area contributed by atoms with E-state index < -0.39 is 0 Å². The Hall–Kier alpha value is -2.07. The van der Waals surface area contributed by atoms with Crippen molar-refractivity contribution in [3.8, 4) is 0 Å². The summed E-state index contributed by atoms with van der Waals surface area (Å²) in [6.07, 6.45) is 2.15. The number of hydrogen-bond donors (Lipinski definition) is 0. The molecule has 0 unspecified atom stereocenters. The summed E-state index contributed by atoms with van der Waals surface area (Å²) in [5.41, 5.74) is 0. The molecule has 124 valence electrons. The summed E-state index contributed by atoms with van der Waals surface area (Å²) < 4.78 is 4.12. The third-order valence-corrected chi connectivity index (χ3v) is 8.35. The van der Waals surface area contributed by atoms with Crippen LogP contribution in [0.5, 0.6) is 0 Å². The van der Waals surface area contributed by atoms with Gasteiger partial charge in [0.2, 0.25) is 0 Å². The maximum Gasteiger partial charge on any atom is 0.0608 e. The van der Waals surface area contributed by atoms with E-state index in [2.05, 4.69) is 72.3 Å². The zero-order chi connectivity index (χ0) is 17.3. The lowest BCUT2D eigenvalue weighted by Crippen LogP contribution is -1.81. The van der Waals surface area contributed by atoms with Gasteiger partial charge in [-0.1, -0.05) is 36.4 Å². The fourth-order valence-corrected chi connectivity index (χ4v) is 6.54. The molecule has 0 nitrogen and oxygen atoms in total. The molecule has 6 aromatic rings. The van der Waals surface area contributed by atoms with Gasteiger partial charge in [-0.25, -0.2) is 0 Å². The first-order valence-corrected chi connectivity index (χ1v) is 11.5. The zero-order valence-corrected chi connectivity index (χ0v) is 16.5. The topological polar surface area (TPSA) is 0 Å². The lowest BCUT2D eigenvalue weighted by atomic mass is 9.95. The highest BCUT2D eigenvalue weighted by Gasteiger charge is 2.11. The highest BCUT2D eigenvalue weighted by atomic mass is 32.2. The van der Waals surface area contributed by atoms with Gasteiger partial charge >= 0.3 is 0 Å². The van der Waals surface area contributed by atoms with E-state index in [1.54, 1.807) is 0 Å². The molecule has 4 aromatic carbocycles. The van der Waals surface area contributed by atoms with E-state index >= 15 is 0 Å². The van der Waals surface area contributed by atoms with Crippen LogP contribution in [0.2, 0.25) is 0 Å². The van der Waals surface area contributed by atoms with E-state index in [0.29, 0.717) is 0 Å². The van der Waals surface area contributed by atoms with Crippen molar-refractivity contribution in [2.24, 2.45) is 0 Å². The van der Waals surface area contributed by atoms with Gasteiger partial charge in [-0.15, -0.1) is 34.4 Å². The van der Waals surface area contributed by atoms with Gasteiger partial charge in [0.25, 0.3) is 0 Å². The highest BCUT2D eigenvalue weighted by Crippen LogP contribution is 2.40. The molecular formula is C23H14S3. The van der Waals surface area contributed by atoms with Crippen molar-refractivity contribution >= 4 is 86.9 Å². The van der Waals surface area contributed by atoms with E-state index in [1.165, 1.54) is 56.7 Å². The Kier molecular flexibility index (Phi) is 3.16. The average Bonchev–Trinajstić information content (AvgIpc) is 3.33. The molecule has 0 saturated heterocycles. The molecule has 0 aliphatic heterocycles. The highest BCUT2D eigenvalue weighted by molar-refractivity contribution is 8.00. The molecule has 0 saturated carbocycles. The van der Waals surface area contributed by atoms with Crippen LogP contribution in [0.3, 0.4) is 0 Å². The first kappa shape index (κ1) is 15.0. The van der Waals surface area contributed by atoms with Crippen molar-refractivity contribution in [2.75, 3.05) is 6.26 Å². The first-order chi connectivity index (χ1) is 12.8. The monoisotopic (exact) mass is 386 g/mol. The van der Waals surface area contributed by atoms with Crippen molar-refractivity contribution in [3.63, 3.8) is 0 Å². The Morgan fingerprint density at radius 2 is 1.12 bits per heavy atom. The normalized spacial score (nSPS) is 12.2. The third-order valence-electron chi connectivity index (χ3n) is 5.30. The SMILES string of the molecule is CSc1cc2c(ccc3c2ccc2c4ccc5sccc5c4ccc32)s1. The Balaban J connectivity index is 1.79. The van der Waals surface area contributed by atoms with Crippen LogP contribution < -0.4 is 0 Å². The molecule has 0 bridgehead atoms. The molecule has 3 heteroatoms. The minimum absolute atomic E-state index is 1.35. The minimum Gasteiger partial charge on any atom is -0.144 e. The number of benzene rings is 4. The van der Waals surface area contributed by atoms with Crippen LogP contribution in [-0.4, -0.2) is 6.26 Å². The van der Waals surface area contributed by atoms with Crippen molar-refractivity contribution in [3.05, 3.63) is 66.0 Å². The first-order valence-electron chi connectivity index (χ1n) is 8.55. The molecule has 2 heterocycles. The Labute approximate surface area is 163 Å². The van der Waals surface area contributed by atoms with Gasteiger partial charge in [0.05, 0.1) is 4.21 Å². The van der Waals surface area contributed by atoms with Gasteiger partial charge in [0.15, 0.2) is 0 Å². The van der Waals surface area contributed by atoms with Gasteiger partial charge in [-0.3, -0.25) is 0 Å². The molecule has 0 atom stereocenters. The molecule has 0 radical (unpaired) electrons. The van der Waals surface area contributed by atoms with Crippen LogP contribution in [0.15, 0.2) is 70.3 Å². The molecule has 26 heavy (non-hydrogen) atoms. The van der Waals surface area contributed by atoms with Crippen LogP contribution in [0.4, 0.5) is 0 Å². The fourth-order valence-electron chi connectivity index (χ4n) is 4.09. The van der Waals surface area contributed by atoms with Crippen LogP contribution in [0.25, 0.3) is 52.5 Å². The summed E-state index contributed by atoms with van der Waals surface area (Å²) in [6.45, 7) is 0. The second-order valence-corrected chi connectivity index (χ2v) is 9.70. The van der Waals surface area contributed by atoms with E-state index in [1.807, 2.05) is 34.4 Å². The summed E-state index contributed by atoms with van der Waals surface area (Å²) in [5.74, 6) is 0. The van der Waals surface area contributed by atoms with Gasteiger partial charge in [0, 0.05) is 20.2 Å². The van der Waals surface area contributed by atoms with Gasteiger partial charge in [-0.05, 0) is 68.2 Å². The number of thiophene rings is 2. The molecule has 0 N–H and O–H groups in total. The maximum atomic E-state index is 2.34. The lowest BCUT2D eigenvalue weighted by molar-refractivity contribution is 1.78. The van der Waals surface area contributed by atoms with Crippen LogP contribution in [-0.2, 0) is 0 Å².